The topological polar surface area (TPSA) is 39.9 Å². The molecule has 0 aliphatic rings. The molecule has 0 radical (unpaired) electrons. The summed E-state index contributed by atoms with van der Waals surface area (Å²) in [5.41, 5.74) is 3.46. The van der Waals surface area contributed by atoms with Gasteiger partial charge in [-0.15, -0.1) is 10.2 Å². The molecule has 0 saturated heterocycles. The van der Waals surface area contributed by atoms with Crippen LogP contribution in [0.2, 0.25) is 5.02 Å². The van der Waals surface area contributed by atoms with Crippen LogP contribution in [0.3, 0.4) is 0 Å². The first kappa shape index (κ1) is 19.8. The van der Waals surface area contributed by atoms with Crippen molar-refractivity contribution in [3.63, 3.8) is 0 Å². The molecule has 1 unspecified atom stereocenters. The van der Waals surface area contributed by atoms with Crippen LogP contribution in [0.1, 0.15) is 42.5 Å². The second-order valence-corrected chi connectivity index (χ2v) is 7.90. The van der Waals surface area contributed by atoms with E-state index in [2.05, 4.69) is 41.6 Å². The van der Waals surface area contributed by atoms with Gasteiger partial charge in [-0.05, 0) is 62.6 Å². The molecule has 0 aliphatic carbocycles. The van der Waals surface area contributed by atoms with Crippen LogP contribution in [0.5, 0.6) is 5.75 Å². The van der Waals surface area contributed by atoms with Crippen molar-refractivity contribution in [2.45, 2.75) is 51.3 Å². The Morgan fingerprint density at radius 1 is 1.11 bits per heavy atom. The third-order valence-electron chi connectivity index (χ3n) is 4.25. The summed E-state index contributed by atoms with van der Waals surface area (Å²) in [6.45, 7) is 9.03. The van der Waals surface area contributed by atoms with Crippen molar-refractivity contribution in [3.05, 3.63) is 70.0 Å². The average Bonchev–Trinajstić information content (AvgIpc) is 3.03. The summed E-state index contributed by atoms with van der Waals surface area (Å²) in [5.74, 6) is 2.44. The van der Waals surface area contributed by atoms with E-state index in [-0.39, 0.29) is 6.10 Å². The zero-order valence-electron chi connectivity index (χ0n) is 16.1. The molecule has 1 aromatic heterocycles. The Balaban J connectivity index is 1.75. The Labute approximate surface area is 169 Å². The molecule has 1 heterocycles. The third kappa shape index (κ3) is 4.85. The van der Waals surface area contributed by atoms with Gasteiger partial charge in [0.2, 0.25) is 0 Å². The number of aromatic nitrogens is 3. The summed E-state index contributed by atoms with van der Waals surface area (Å²) in [6.07, 6.45) is -0.187. The summed E-state index contributed by atoms with van der Waals surface area (Å²) in [5, 5.41) is 10.4. The van der Waals surface area contributed by atoms with E-state index in [1.165, 1.54) is 11.1 Å². The van der Waals surface area contributed by atoms with Gasteiger partial charge in [0.15, 0.2) is 17.1 Å². The maximum Gasteiger partial charge on any atom is 0.191 e. The zero-order chi connectivity index (χ0) is 19.4. The quantitative estimate of drug-likeness (QED) is 0.455. The zero-order valence-corrected chi connectivity index (χ0v) is 17.6. The largest absolute Gasteiger partial charge is 0.483 e. The molecule has 0 bridgehead atoms. The molecular weight excluding hydrogens is 378 g/mol. The Morgan fingerprint density at radius 2 is 1.81 bits per heavy atom. The third-order valence-corrected chi connectivity index (χ3v) is 5.63. The van der Waals surface area contributed by atoms with Gasteiger partial charge in [0.05, 0.1) is 0 Å². The lowest BCUT2D eigenvalue weighted by atomic mass is 10.1. The molecule has 0 N–H and O–H groups in total. The maximum absolute atomic E-state index is 6.26. The number of benzene rings is 2. The van der Waals surface area contributed by atoms with Gasteiger partial charge in [-0.3, -0.25) is 0 Å². The Kier molecular flexibility index (Phi) is 6.45. The van der Waals surface area contributed by atoms with Gasteiger partial charge in [0, 0.05) is 17.3 Å². The van der Waals surface area contributed by atoms with E-state index >= 15 is 0 Å². The van der Waals surface area contributed by atoms with Crippen molar-refractivity contribution in [3.8, 4) is 5.75 Å². The van der Waals surface area contributed by atoms with Crippen LogP contribution >= 0.6 is 23.4 Å². The van der Waals surface area contributed by atoms with Gasteiger partial charge in [0.1, 0.15) is 5.75 Å². The molecule has 0 amide bonds. The Hall–Kier alpha value is -1.98. The minimum atomic E-state index is -0.187. The molecule has 3 aromatic rings. The summed E-state index contributed by atoms with van der Waals surface area (Å²) < 4.78 is 8.25. The lowest BCUT2D eigenvalue weighted by Gasteiger charge is -2.16. The van der Waals surface area contributed by atoms with E-state index in [4.69, 9.17) is 16.3 Å². The Morgan fingerprint density at radius 3 is 2.48 bits per heavy atom. The standard InChI is InChI=1S/C21H24ClN3OS/c1-5-25-20(16(4)26-18-11-14(2)10-15(3)12-18)23-24-21(25)27-13-17-8-6-7-9-19(17)22/h6-12,16H,5,13H2,1-4H3. The SMILES string of the molecule is CCn1c(SCc2ccccc2Cl)nnc1C(C)Oc1cc(C)cc(C)c1. The molecule has 142 valence electrons. The second kappa shape index (κ2) is 8.81. The number of ether oxygens (including phenoxy) is 1. The monoisotopic (exact) mass is 401 g/mol. The van der Waals surface area contributed by atoms with Crippen LogP contribution in [0, 0.1) is 13.8 Å². The summed E-state index contributed by atoms with van der Waals surface area (Å²) in [7, 11) is 0. The van der Waals surface area contributed by atoms with Crippen LogP contribution in [0.25, 0.3) is 0 Å². The molecule has 0 aliphatic heterocycles. The average molecular weight is 402 g/mol. The molecule has 4 nitrogen and oxygen atoms in total. The van der Waals surface area contributed by atoms with E-state index in [9.17, 15) is 0 Å². The first-order valence-electron chi connectivity index (χ1n) is 9.02. The number of rotatable bonds is 7. The smallest absolute Gasteiger partial charge is 0.191 e. The molecule has 3 rings (SSSR count). The highest BCUT2D eigenvalue weighted by Gasteiger charge is 2.19. The lowest BCUT2D eigenvalue weighted by molar-refractivity contribution is 0.209. The van der Waals surface area contributed by atoms with E-state index < -0.39 is 0 Å². The highest BCUT2D eigenvalue weighted by atomic mass is 35.5. The van der Waals surface area contributed by atoms with E-state index in [0.29, 0.717) is 0 Å². The van der Waals surface area contributed by atoms with Crippen molar-refractivity contribution in [1.82, 2.24) is 14.8 Å². The molecular formula is C21H24ClN3OS. The predicted molar refractivity (Wildman–Crippen MR) is 112 cm³/mol. The van der Waals surface area contributed by atoms with Crippen molar-refractivity contribution >= 4 is 23.4 Å². The number of hydrogen-bond acceptors (Lipinski definition) is 4. The summed E-state index contributed by atoms with van der Waals surface area (Å²) in [4.78, 5) is 0. The Bertz CT molecular complexity index is 905. The number of thioether (sulfide) groups is 1. The molecule has 1 atom stereocenters. The van der Waals surface area contributed by atoms with Crippen LogP contribution in [0.4, 0.5) is 0 Å². The first-order chi connectivity index (χ1) is 13.0. The van der Waals surface area contributed by atoms with Crippen molar-refractivity contribution in [2.75, 3.05) is 0 Å². The second-order valence-electron chi connectivity index (χ2n) is 6.55. The van der Waals surface area contributed by atoms with Crippen molar-refractivity contribution in [1.29, 1.82) is 0 Å². The highest BCUT2D eigenvalue weighted by molar-refractivity contribution is 7.98. The van der Waals surface area contributed by atoms with Crippen LogP contribution in [-0.2, 0) is 12.3 Å². The van der Waals surface area contributed by atoms with Gasteiger partial charge >= 0.3 is 0 Å². The molecule has 2 aromatic carbocycles. The lowest BCUT2D eigenvalue weighted by Crippen LogP contribution is -2.12. The predicted octanol–water partition coefficient (Wildman–Crippen LogP) is 6.00. The van der Waals surface area contributed by atoms with Gasteiger partial charge < -0.3 is 9.30 Å². The van der Waals surface area contributed by atoms with Crippen LogP contribution in [-0.4, -0.2) is 14.8 Å². The summed E-state index contributed by atoms with van der Waals surface area (Å²) >= 11 is 7.90. The van der Waals surface area contributed by atoms with Gasteiger partial charge in [-0.1, -0.05) is 47.6 Å². The molecule has 27 heavy (non-hydrogen) atoms. The van der Waals surface area contributed by atoms with Crippen LogP contribution in [0.15, 0.2) is 47.6 Å². The molecule has 0 saturated carbocycles. The fraction of sp³-hybridized carbons (Fsp3) is 0.333. The normalized spacial score (nSPS) is 12.2. The van der Waals surface area contributed by atoms with E-state index in [0.717, 1.165) is 39.6 Å². The minimum absolute atomic E-state index is 0.187. The van der Waals surface area contributed by atoms with Gasteiger partial charge in [0.25, 0.3) is 0 Å². The fourth-order valence-corrected chi connectivity index (χ4v) is 4.32. The molecule has 0 spiro atoms. The van der Waals surface area contributed by atoms with E-state index in [1.54, 1.807) is 11.8 Å². The number of aryl methyl sites for hydroxylation is 2. The first-order valence-corrected chi connectivity index (χ1v) is 10.4. The molecule has 0 fully saturated rings. The minimum Gasteiger partial charge on any atom is -0.483 e. The number of halogens is 1. The van der Waals surface area contributed by atoms with Crippen LogP contribution < -0.4 is 4.74 Å². The highest BCUT2D eigenvalue weighted by Crippen LogP contribution is 2.29. The number of hydrogen-bond donors (Lipinski definition) is 0. The maximum atomic E-state index is 6.26. The van der Waals surface area contributed by atoms with Gasteiger partial charge in [-0.2, -0.15) is 0 Å². The van der Waals surface area contributed by atoms with Crippen molar-refractivity contribution in [2.24, 2.45) is 0 Å². The van der Waals surface area contributed by atoms with Gasteiger partial charge in [-0.25, -0.2) is 0 Å². The number of nitrogens with zero attached hydrogens (tertiary/aromatic N) is 3. The summed E-state index contributed by atoms with van der Waals surface area (Å²) in [6, 6.07) is 14.1. The molecule has 6 heteroatoms. The van der Waals surface area contributed by atoms with E-state index in [1.807, 2.05) is 43.3 Å². The fourth-order valence-electron chi connectivity index (χ4n) is 3.02. The van der Waals surface area contributed by atoms with Crippen molar-refractivity contribution < 1.29 is 4.74 Å².